The fourth-order valence-corrected chi connectivity index (χ4v) is 3.17. The van der Waals surface area contributed by atoms with Gasteiger partial charge in [-0.05, 0) is 42.2 Å². The summed E-state index contributed by atoms with van der Waals surface area (Å²) in [6, 6.07) is 15.2. The first-order chi connectivity index (χ1) is 12.2. The van der Waals surface area contributed by atoms with Crippen LogP contribution < -0.4 is 10.6 Å². The molecular weight excluding hydrogens is 314 g/mol. The molecule has 0 saturated carbocycles. The van der Waals surface area contributed by atoms with Gasteiger partial charge in [0, 0.05) is 31.0 Å². The summed E-state index contributed by atoms with van der Waals surface area (Å²) in [7, 11) is 0. The Balaban J connectivity index is 1.66. The van der Waals surface area contributed by atoms with Gasteiger partial charge in [0.25, 0.3) is 0 Å². The molecule has 2 amide bonds. The van der Waals surface area contributed by atoms with Crippen LogP contribution in [0.25, 0.3) is 0 Å². The van der Waals surface area contributed by atoms with E-state index in [0.29, 0.717) is 6.54 Å². The van der Waals surface area contributed by atoms with Crippen LogP contribution in [0.4, 0.5) is 16.2 Å². The van der Waals surface area contributed by atoms with Crippen molar-refractivity contribution in [1.29, 1.82) is 0 Å². The lowest BCUT2D eigenvalue weighted by Crippen LogP contribution is -2.36. The molecule has 5 heteroatoms. The van der Waals surface area contributed by atoms with Crippen molar-refractivity contribution in [2.45, 2.75) is 32.4 Å². The number of fused-ring (bicyclic) bond motifs is 1. The fourth-order valence-electron chi connectivity index (χ4n) is 3.17. The van der Waals surface area contributed by atoms with Crippen LogP contribution in [0, 0.1) is 0 Å². The van der Waals surface area contributed by atoms with Crippen molar-refractivity contribution in [3.8, 4) is 0 Å². The number of carbonyl (C=O) groups excluding carboxylic acids is 1. The molecule has 0 fully saturated rings. The number of anilines is 2. The molecule has 0 radical (unpaired) electrons. The van der Waals surface area contributed by atoms with Crippen LogP contribution in [0.15, 0.2) is 48.5 Å². The first-order valence-corrected chi connectivity index (χ1v) is 8.80. The number of aliphatic hydroxyl groups excluding tert-OH is 1. The number of hydrogen-bond acceptors (Lipinski definition) is 3. The van der Waals surface area contributed by atoms with Gasteiger partial charge in [0.1, 0.15) is 0 Å². The third-order valence-corrected chi connectivity index (χ3v) is 4.57. The molecule has 5 nitrogen and oxygen atoms in total. The summed E-state index contributed by atoms with van der Waals surface area (Å²) >= 11 is 0. The molecule has 0 aliphatic carbocycles. The molecule has 3 rings (SSSR count). The molecule has 0 spiro atoms. The molecule has 0 aromatic heterocycles. The molecule has 1 heterocycles. The van der Waals surface area contributed by atoms with Crippen molar-refractivity contribution in [3.63, 3.8) is 0 Å². The number of benzene rings is 2. The normalized spacial score (nSPS) is 15.3. The van der Waals surface area contributed by atoms with Gasteiger partial charge in [0.2, 0.25) is 0 Å². The van der Waals surface area contributed by atoms with Crippen molar-refractivity contribution >= 4 is 17.4 Å². The van der Waals surface area contributed by atoms with Gasteiger partial charge in [-0.25, -0.2) is 4.79 Å². The zero-order chi connectivity index (χ0) is 17.6. The van der Waals surface area contributed by atoms with Gasteiger partial charge in [-0.2, -0.15) is 0 Å². The summed E-state index contributed by atoms with van der Waals surface area (Å²) in [5.41, 5.74) is 4.03. The monoisotopic (exact) mass is 339 g/mol. The van der Waals surface area contributed by atoms with Crippen LogP contribution in [0.2, 0.25) is 0 Å². The van der Waals surface area contributed by atoms with Crippen LogP contribution in [0.3, 0.4) is 0 Å². The summed E-state index contributed by atoms with van der Waals surface area (Å²) in [6.07, 6.45) is 1.36. The minimum absolute atomic E-state index is 0.233. The van der Waals surface area contributed by atoms with Crippen LogP contribution in [0.5, 0.6) is 0 Å². The van der Waals surface area contributed by atoms with Crippen molar-refractivity contribution < 1.29 is 9.90 Å². The standard InChI is InChI=1S/C20H25N3O2/c1-2-17(24)14-23-12-11-18-15(13-23)7-6-10-19(18)22-20(25)21-16-8-4-3-5-9-16/h3-10,17,24H,2,11-14H2,1H3,(H2,21,22,25). The quantitative estimate of drug-likeness (QED) is 0.782. The van der Waals surface area contributed by atoms with Gasteiger partial charge in [-0.15, -0.1) is 0 Å². The lowest BCUT2D eigenvalue weighted by atomic mass is 9.97. The molecule has 132 valence electrons. The van der Waals surface area contributed by atoms with E-state index in [1.54, 1.807) is 0 Å². The summed E-state index contributed by atoms with van der Waals surface area (Å²) in [4.78, 5) is 14.5. The Kier molecular flexibility index (Phi) is 5.68. The van der Waals surface area contributed by atoms with Crippen LogP contribution in [-0.2, 0) is 13.0 Å². The Bertz CT molecular complexity index is 718. The maximum Gasteiger partial charge on any atom is 0.323 e. The van der Waals surface area contributed by atoms with Gasteiger partial charge >= 0.3 is 6.03 Å². The first-order valence-electron chi connectivity index (χ1n) is 8.80. The maximum absolute atomic E-state index is 12.3. The van der Waals surface area contributed by atoms with Crippen molar-refractivity contribution in [1.82, 2.24) is 4.90 Å². The number of rotatable bonds is 5. The summed E-state index contributed by atoms with van der Waals surface area (Å²) in [5, 5.41) is 15.7. The molecule has 1 unspecified atom stereocenters. The predicted molar refractivity (Wildman–Crippen MR) is 101 cm³/mol. The van der Waals surface area contributed by atoms with E-state index in [1.807, 2.05) is 49.4 Å². The van der Waals surface area contributed by atoms with Crippen molar-refractivity contribution in [2.75, 3.05) is 23.7 Å². The number of aliphatic hydroxyl groups is 1. The van der Waals surface area contributed by atoms with Crippen LogP contribution in [-0.4, -0.2) is 35.2 Å². The largest absolute Gasteiger partial charge is 0.392 e. The number of hydrogen-bond donors (Lipinski definition) is 3. The zero-order valence-electron chi connectivity index (χ0n) is 14.5. The highest BCUT2D eigenvalue weighted by molar-refractivity contribution is 6.00. The molecule has 3 N–H and O–H groups in total. The number of carbonyl (C=O) groups is 1. The average molecular weight is 339 g/mol. The third kappa shape index (κ3) is 4.59. The molecule has 0 saturated heterocycles. The van der Waals surface area contributed by atoms with Gasteiger partial charge in [0.05, 0.1) is 6.10 Å². The highest BCUT2D eigenvalue weighted by atomic mass is 16.3. The van der Waals surface area contributed by atoms with Gasteiger partial charge in [-0.1, -0.05) is 37.3 Å². The highest BCUT2D eigenvalue weighted by Gasteiger charge is 2.20. The second-order valence-corrected chi connectivity index (χ2v) is 6.44. The molecule has 25 heavy (non-hydrogen) atoms. The first kappa shape index (κ1) is 17.5. The fraction of sp³-hybridized carbons (Fsp3) is 0.350. The lowest BCUT2D eigenvalue weighted by Gasteiger charge is -2.31. The van der Waals surface area contributed by atoms with Gasteiger partial charge in [0.15, 0.2) is 0 Å². The van der Waals surface area contributed by atoms with Crippen molar-refractivity contribution in [3.05, 3.63) is 59.7 Å². The molecule has 0 bridgehead atoms. The van der Waals surface area contributed by atoms with Crippen LogP contribution >= 0.6 is 0 Å². The molecule has 1 aliphatic rings. The van der Waals surface area contributed by atoms with Gasteiger partial charge < -0.3 is 15.7 Å². The Morgan fingerprint density at radius 3 is 2.72 bits per heavy atom. The number of β-amino-alcohol motifs (C(OH)–C–C–N with tert-alkyl or cyclic N) is 1. The van der Waals surface area contributed by atoms with E-state index in [2.05, 4.69) is 21.6 Å². The van der Waals surface area contributed by atoms with E-state index in [1.165, 1.54) is 11.1 Å². The van der Waals surface area contributed by atoms with E-state index in [-0.39, 0.29) is 12.1 Å². The Labute approximate surface area is 148 Å². The zero-order valence-corrected chi connectivity index (χ0v) is 14.5. The molecule has 2 aromatic carbocycles. The SMILES string of the molecule is CCC(O)CN1CCc2c(cccc2NC(=O)Nc2ccccc2)C1. The Hall–Kier alpha value is -2.37. The average Bonchev–Trinajstić information content (AvgIpc) is 2.62. The minimum Gasteiger partial charge on any atom is -0.392 e. The smallest absolute Gasteiger partial charge is 0.323 e. The Morgan fingerprint density at radius 2 is 1.96 bits per heavy atom. The maximum atomic E-state index is 12.3. The highest BCUT2D eigenvalue weighted by Crippen LogP contribution is 2.26. The van der Waals surface area contributed by atoms with Crippen LogP contribution in [0.1, 0.15) is 24.5 Å². The number of urea groups is 1. The number of amides is 2. The van der Waals surface area contributed by atoms with E-state index >= 15 is 0 Å². The van der Waals surface area contributed by atoms with E-state index < -0.39 is 0 Å². The molecular formula is C20H25N3O2. The number of nitrogens with zero attached hydrogens (tertiary/aromatic N) is 1. The predicted octanol–water partition coefficient (Wildman–Crippen LogP) is 3.46. The van der Waals surface area contributed by atoms with E-state index in [9.17, 15) is 9.90 Å². The Morgan fingerprint density at radius 1 is 1.16 bits per heavy atom. The van der Waals surface area contributed by atoms with E-state index in [0.717, 1.165) is 37.3 Å². The van der Waals surface area contributed by atoms with Gasteiger partial charge in [-0.3, -0.25) is 4.90 Å². The lowest BCUT2D eigenvalue weighted by molar-refractivity contribution is 0.102. The van der Waals surface area contributed by atoms with Crippen molar-refractivity contribution in [2.24, 2.45) is 0 Å². The topological polar surface area (TPSA) is 64.6 Å². The second-order valence-electron chi connectivity index (χ2n) is 6.44. The summed E-state index contributed by atoms with van der Waals surface area (Å²) < 4.78 is 0. The second kappa shape index (κ2) is 8.14. The summed E-state index contributed by atoms with van der Waals surface area (Å²) in [5.74, 6) is 0. The number of nitrogens with one attached hydrogen (secondary N) is 2. The summed E-state index contributed by atoms with van der Waals surface area (Å²) in [6.45, 7) is 4.39. The minimum atomic E-state index is -0.278. The molecule has 1 aliphatic heterocycles. The molecule has 2 aromatic rings. The number of para-hydroxylation sites is 1. The van der Waals surface area contributed by atoms with E-state index in [4.69, 9.17) is 0 Å². The molecule has 1 atom stereocenters. The third-order valence-electron chi connectivity index (χ3n) is 4.57.